The van der Waals surface area contributed by atoms with E-state index >= 15 is 0 Å². The lowest BCUT2D eigenvalue weighted by molar-refractivity contribution is -0.309. The molecule has 1 aliphatic heterocycles. The molecular formula is C27H44O5. The molecule has 1 heterocycles. The Balaban J connectivity index is 1.26. The molecule has 4 aliphatic carbocycles. The number of aliphatic hydroxyl groups is 3. The molecule has 5 aliphatic rings. The summed E-state index contributed by atoms with van der Waals surface area (Å²) in [4.78, 5) is 0. The lowest BCUT2D eigenvalue weighted by atomic mass is 9.44. The van der Waals surface area contributed by atoms with Crippen LogP contribution in [0.2, 0.25) is 0 Å². The second-order valence-electron chi connectivity index (χ2n) is 12.3. The minimum Gasteiger partial charge on any atom is -0.388 e. The lowest BCUT2D eigenvalue weighted by Crippen LogP contribution is -2.58. The van der Waals surface area contributed by atoms with Crippen LogP contribution in [-0.2, 0) is 9.47 Å². The van der Waals surface area contributed by atoms with Crippen molar-refractivity contribution in [3.8, 4) is 0 Å². The molecule has 0 amide bonds. The molecule has 5 nitrogen and oxygen atoms in total. The van der Waals surface area contributed by atoms with E-state index in [1.165, 1.54) is 44.9 Å². The lowest BCUT2D eigenvalue weighted by Gasteiger charge is -2.61. The van der Waals surface area contributed by atoms with Crippen molar-refractivity contribution in [3.05, 3.63) is 12.7 Å². The van der Waals surface area contributed by atoms with Crippen molar-refractivity contribution < 1.29 is 24.8 Å². The molecule has 4 saturated carbocycles. The van der Waals surface area contributed by atoms with Crippen molar-refractivity contribution in [1.82, 2.24) is 0 Å². The SMILES string of the molecule is C=CC1CCC2C3CCC4CC(OC5OC(C)C(O)C(O)C5O)CCC4(C)C3CCC12C. The number of hydrogen-bond acceptors (Lipinski definition) is 5. The molecule has 0 spiro atoms. The third kappa shape index (κ3) is 3.45. The molecule has 0 aromatic carbocycles. The maximum absolute atomic E-state index is 10.4. The van der Waals surface area contributed by atoms with Gasteiger partial charge in [0.15, 0.2) is 6.29 Å². The van der Waals surface area contributed by atoms with Gasteiger partial charge in [-0.1, -0.05) is 19.9 Å². The molecule has 5 rings (SSSR count). The smallest absolute Gasteiger partial charge is 0.186 e. The first-order valence-electron chi connectivity index (χ1n) is 13.2. The van der Waals surface area contributed by atoms with Crippen LogP contribution < -0.4 is 0 Å². The van der Waals surface area contributed by atoms with E-state index in [1.807, 2.05) is 0 Å². The second kappa shape index (κ2) is 8.34. The van der Waals surface area contributed by atoms with E-state index in [1.54, 1.807) is 6.92 Å². The van der Waals surface area contributed by atoms with Gasteiger partial charge in [0.25, 0.3) is 0 Å². The Morgan fingerprint density at radius 2 is 1.59 bits per heavy atom. The van der Waals surface area contributed by atoms with Gasteiger partial charge in [-0.3, -0.25) is 0 Å². The van der Waals surface area contributed by atoms with Crippen molar-refractivity contribution in [2.24, 2.45) is 40.4 Å². The molecule has 0 aromatic heterocycles. The predicted octanol–water partition coefficient (Wildman–Crippen LogP) is 4.04. The first-order chi connectivity index (χ1) is 15.2. The van der Waals surface area contributed by atoms with Crippen LogP contribution in [-0.4, -0.2) is 52.1 Å². The second-order valence-corrected chi connectivity index (χ2v) is 12.3. The zero-order valence-electron chi connectivity index (χ0n) is 20.2. The number of fused-ring (bicyclic) bond motifs is 5. The van der Waals surface area contributed by atoms with Crippen molar-refractivity contribution in [2.45, 2.75) is 115 Å². The third-order valence-corrected chi connectivity index (χ3v) is 11.1. The van der Waals surface area contributed by atoms with Gasteiger partial charge in [-0.25, -0.2) is 0 Å². The van der Waals surface area contributed by atoms with E-state index in [4.69, 9.17) is 9.47 Å². The van der Waals surface area contributed by atoms with Gasteiger partial charge in [0, 0.05) is 0 Å². The molecule has 32 heavy (non-hydrogen) atoms. The van der Waals surface area contributed by atoms with Crippen LogP contribution in [0, 0.1) is 40.4 Å². The fourth-order valence-electron chi connectivity index (χ4n) is 9.09. The van der Waals surface area contributed by atoms with Crippen molar-refractivity contribution in [3.63, 3.8) is 0 Å². The molecular weight excluding hydrogens is 404 g/mol. The molecule has 13 unspecified atom stereocenters. The number of rotatable bonds is 3. The van der Waals surface area contributed by atoms with E-state index < -0.39 is 30.7 Å². The summed E-state index contributed by atoms with van der Waals surface area (Å²) in [6, 6.07) is 0. The molecule has 182 valence electrons. The van der Waals surface area contributed by atoms with Gasteiger partial charge in [-0.05, 0) is 105 Å². The average molecular weight is 449 g/mol. The van der Waals surface area contributed by atoms with Crippen LogP contribution in [0.1, 0.15) is 78.6 Å². The highest BCUT2D eigenvalue weighted by molar-refractivity contribution is 5.11. The Kier molecular flexibility index (Phi) is 6.07. The zero-order valence-corrected chi connectivity index (χ0v) is 20.2. The average Bonchev–Trinajstić information content (AvgIpc) is 3.12. The van der Waals surface area contributed by atoms with Gasteiger partial charge < -0.3 is 24.8 Å². The highest BCUT2D eigenvalue weighted by Gasteiger charge is 2.60. The Hall–Kier alpha value is -0.460. The van der Waals surface area contributed by atoms with Crippen molar-refractivity contribution in [1.29, 1.82) is 0 Å². The van der Waals surface area contributed by atoms with E-state index in [0.29, 0.717) is 22.7 Å². The molecule has 0 aromatic rings. The molecule has 0 radical (unpaired) electrons. The van der Waals surface area contributed by atoms with E-state index in [0.717, 1.165) is 30.6 Å². The van der Waals surface area contributed by atoms with Gasteiger partial charge in [0.1, 0.15) is 18.3 Å². The molecule has 0 bridgehead atoms. The fourth-order valence-corrected chi connectivity index (χ4v) is 9.09. The van der Waals surface area contributed by atoms with Crippen molar-refractivity contribution >= 4 is 0 Å². The first-order valence-corrected chi connectivity index (χ1v) is 13.2. The Bertz CT molecular complexity index is 712. The standard InChI is InChI=1S/C27H44O5/c1-5-16-7-9-20-19-8-6-17-14-18(32-25-24(30)23(29)22(28)15(2)31-25)10-12-27(17,4)21(19)11-13-26(16,20)3/h5,15-25,28-30H,1,6-14H2,2-4H3. The number of ether oxygens (including phenoxy) is 2. The van der Waals surface area contributed by atoms with E-state index in [9.17, 15) is 15.3 Å². The zero-order chi connectivity index (χ0) is 22.8. The first kappa shape index (κ1) is 23.3. The van der Waals surface area contributed by atoms with Crippen LogP contribution in [0.25, 0.3) is 0 Å². The summed E-state index contributed by atoms with van der Waals surface area (Å²) in [6.07, 6.45) is 8.54. The third-order valence-electron chi connectivity index (χ3n) is 11.1. The summed E-state index contributed by atoms with van der Waals surface area (Å²) in [6.45, 7) is 11.0. The van der Waals surface area contributed by atoms with Crippen LogP contribution in [0.15, 0.2) is 12.7 Å². The summed E-state index contributed by atoms with van der Waals surface area (Å²) in [7, 11) is 0. The molecule has 3 N–H and O–H groups in total. The van der Waals surface area contributed by atoms with Crippen molar-refractivity contribution in [2.75, 3.05) is 0 Å². The topological polar surface area (TPSA) is 79.2 Å². The van der Waals surface area contributed by atoms with Crippen LogP contribution in [0.5, 0.6) is 0 Å². The quantitative estimate of drug-likeness (QED) is 0.449. The predicted molar refractivity (Wildman–Crippen MR) is 123 cm³/mol. The van der Waals surface area contributed by atoms with E-state index in [2.05, 4.69) is 26.5 Å². The largest absolute Gasteiger partial charge is 0.388 e. The van der Waals surface area contributed by atoms with Crippen LogP contribution in [0.3, 0.4) is 0 Å². The Morgan fingerprint density at radius 3 is 2.34 bits per heavy atom. The van der Waals surface area contributed by atoms with Gasteiger partial charge in [0.2, 0.25) is 0 Å². The van der Waals surface area contributed by atoms with E-state index in [-0.39, 0.29) is 6.10 Å². The molecule has 5 heteroatoms. The summed E-state index contributed by atoms with van der Waals surface area (Å²) < 4.78 is 11.9. The normalized spacial score (nSPS) is 57.9. The van der Waals surface area contributed by atoms with Gasteiger partial charge in [-0.15, -0.1) is 6.58 Å². The molecule has 13 atom stereocenters. The number of aliphatic hydroxyl groups excluding tert-OH is 3. The maximum atomic E-state index is 10.4. The molecule has 1 saturated heterocycles. The number of allylic oxidation sites excluding steroid dienone is 1. The summed E-state index contributed by atoms with van der Waals surface area (Å²) >= 11 is 0. The molecule has 5 fully saturated rings. The Morgan fingerprint density at radius 1 is 0.875 bits per heavy atom. The minimum absolute atomic E-state index is 0.0457. The highest BCUT2D eigenvalue weighted by Crippen LogP contribution is 2.67. The summed E-state index contributed by atoms with van der Waals surface area (Å²) in [5.41, 5.74) is 0.842. The fraction of sp³-hybridized carbons (Fsp3) is 0.926. The monoisotopic (exact) mass is 448 g/mol. The summed E-state index contributed by atoms with van der Waals surface area (Å²) in [5.74, 6) is 3.88. The van der Waals surface area contributed by atoms with Gasteiger partial charge in [-0.2, -0.15) is 0 Å². The summed E-state index contributed by atoms with van der Waals surface area (Å²) in [5, 5.41) is 30.5. The van der Waals surface area contributed by atoms with Gasteiger partial charge >= 0.3 is 0 Å². The van der Waals surface area contributed by atoms with Crippen LogP contribution >= 0.6 is 0 Å². The minimum atomic E-state index is -1.23. The Labute approximate surface area is 193 Å². The maximum Gasteiger partial charge on any atom is 0.186 e. The van der Waals surface area contributed by atoms with Crippen LogP contribution in [0.4, 0.5) is 0 Å². The highest BCUT2D eigenvalue weighted by atomic mass is 16.7. The van der Waals surface area contributed by atoms with Gasteiger partial charge in [0.05, 0.1) is 12.2 Å². The number of hydrogen-bond donors (Lipinski definition) is 3.